The van der Waals surface area contributed by atoms with Gasteiger partial charge in [-0.15, -0.1) is 11.3 Å². The van der Waals surface area contributed by atoms with Crippen molar-refractivity contribution in [1.82, 2.24) is 9.55 Å². The van der Waals surface area contributed by atoms with Crippen molar-refractivity contribution in [3.8, 4) is 16.5 Å². The first-order valence-electron chi connectivity index (χ1n) is 8.49. The maximum atomic E-state index is 11.8. The number of carbonyl (C=O) groups is 1. The summed E-state index contributed by atoms with van der Waals surface area (Å²) in [7, 11) is 0. The molecular weight excluding hydrogens is 435 g/mol. The third-order valence-corrected chi connectivity index (χ3v) is 6.13. The van der Waals surface area contributed by atoms with Crippen LogP contribution in [0.1, 0.15) is 28.3 Å². The van der Waals surface area contributed by atoms with E-state index in [2.05, 4.69) is 4.98 Å². The molecule has 0 amide bonds. The highest BCUT2D eigenvalue weighted by Gasteiger charge is 2.22. The van der Waals surface area contributed by atoms with Gasteiger partial charge in [-0.25, -0.2) is 9.78 Å². The summed E-state index contributed by atoms with van der Waals surface area (Å²) in [5, 5.41) is 20.8. The maximum absolute atomic E-state index is 11.8. The summed E-state index contributed by atoms with van der Waals surface area (Å²) >= 11 is 13.3. The molecule has 1 atom stereocenters. The first-order valence-corrected chi connectivity index (χ1v) is 10.1. The third kappa shape index (κ3) is 3.64. The van der Waals surface area contributed by atoms with E-state index in [4.69, 9.17) is 27.9 Å². The van der Waals surface area contributed by atoms with Gasteiger partial charge in [-0.1, -0.05) is 35.3 Å². The van der Waals surface area contributed by atoms with Crippen LogP contribution >= 0.6 is 34.5 Å². The second-order valence-electron chi connectivity index (χ2n) is 6.27. The van der Waals surface area contributed by atoms with Crippen molar-refractivity contribution in [3.05, 3.63) is 69.3 Å². The van der Waals surface area contributed by atoms with E-state index >= 15 is 0 Å². The molecule has 4 aromatic rings. The Kier molecular flexibility index (Phi) is 5.12. The second kappa shape index (κ2) is 7.59. The van der Waals surface area contributed by atoms with Crippen molar-refractivity contribution < 1.29 is 19.7 Å². The highest BCUT2D eigenvalue weighted by molar-refractivity contribution is 7.16. The van der Waals surface area contributed by atoms with Crippen LogP contribution in [0.2, 0.25) is 10.0 Å². The van der Waals surface area contributed by atoms with Crippen LogP contribution in [0.3, 0.4) is 0 Å². The van der Waals surface area contributed by atoms with E-state index in [9.17, 15) is 15.0 Å². The van der Waals surface area contributed by atoms with E-state index in [-0.39, 0.29) is 21.4 Å². The molecule has 9 heteroatoms. The number of phenolic OH excluding ortho intramolecular Hbond substituents is 1. The summed E-state index contributed by atoms with van der Waals surface area (Å²) in [6.07, 6.45) is 1.03. The Balaban J connectivity index is 1.74. The maximum Gasteiger partial charge on any atom is 0.349 e. The van der Waals surface area contributed by atoms with Gasteiger partial charge in [-0.2, -0.15) is 0 Å². The van der Waals surface area contributed by atoms with Crippen molar-refractivity contribution in [2.75, 3.05) is 0 Å². The van der Waals surface area contributed by atoms with Crippen molar-refractivity contribution >= 4 is 51.5 Å². The molecular formula is C20H14Cl2N2O4S. The van der Waals surface area contributed by atoms with Crippen molar-refractivity contribution in [1.29, 1.82) is 0 Å². The molecule has 0 saturated heterocycles. The highest BCUT2D eigenvalue weighted by Crippen LogP contribution is 2.38. The molecule has 6 nitrogen and oxygen atoms in total. The van der Waals surface area contributed by atoms with Crippen LogP contribution in [0.15, 0.2) is 48.8 Å². The largest absolute Gasteiger partial charge is 0.506 e. The Morgan fingerprint density at radius 2 is 2.03 bits per heavy atom. The monoisotopic (exact) mass is 448 g/mol. The molecule has 2 heterocycles. The Morgan fingerprint density at radius 3 is 2.79 bits per heavy atom. The predicted octanol–water partition coefficient (Wildman–Crippen LogP) is 5.94. The predicted molar refractivity (Wildman–Crippen MR) is 113 cm³/mol. The first-order chi connectivity index (χ1) is 13.8. The fraction of sp³-hybridized carbons (Fsp3) is 0.100. The van der Waals surface area contributed by atoms with Gasteiger partial charge in [-0.3, -0.25) is 4.57 Å². The van der Waals surface area contributed by atoms with Gasteiger partial charge >= 0.3 is 5.97 Å². The second-order valence-corrected chi connectivity index (χ2v) is 8.12. The number of carboxylic acid groups (broad SMARTS) is 1. The number of hydrogen-bond acceptors (Lipinski definition) is 5. The number of aromatic nitrogens is 2. The summed E-state index contributed by atoms with van der Waals surface area (Å²) in [6, 6.07) is 11.8. The number of fused-ring (bicyclic) bond motifs is 1. The van der Waals surface area contributed by atoms with E-state index in [0.29, 0.717) is 15.6 Å². The number of rotatable bonds is 5. The normalized spacial score (nSPS) is 12.2. The Bertz CT molecular complexity index is 1230. The van der Waals surface area contributed by atoms with Gasteiger partial charge in [-0.05, 0) is 31.2 Å². The van der Waals surface area contributed by atoms with Gasteiger partial charge in [0, 0.05) is 16.7 Å². The number of aromatic carboxylic acids is 1. The van der Waals surface area contributed by atoms with Crippen molar-refractivity contribution in [2.45, 2.75) is 13.0 Å². The number of aromatic hydroxyl groups is 1. The number of carboxylic acids is 1. The van der Waals surface area contributed by atoms with Gasteiger partial charge in [0.2, 0.25) is 0 Å². The minimum absolute atomic E-state index is 0.0482. The van der Waals surface area contributed by atoms with Gasteiger partial charge in [0.25, 0.3) is 0 Å². The molecule has 0 aliphatic carbocycles. The molecule has 0 aliphatic rings. The number of hydrogen-bond donors (Lipinski definition) is 2. The van der Waals surface area contributed by atoms with Gasteiger partial charge in [0.05, 0.1) is 16.1 Å². The quantitative estimate of drug-likeness (QED) is 0.394. The zero-order chi connectivity index (χ0) is 20.7. The molecule has 0 aliphatic heterocycles. The molecule has 29 heavy (non-hydrogen) atoms. The fourth-order valence-corrected chi connectivity index (χ4v) is 4.34. The van der Waals surface area contributed by atoms with Gasteiger partial charge in [0.15, 0.2) is 4.88 Å². The lowest BCUT2D eigenvalue weighted by Gasteiger charge is -2.16. The lowest BCUT2D eigenvalue weighted by molar-refractivity contribution is 0.0695. The van der Waals surface area contributed by atoms with E-state index in [1.165, 1.54) is 6.07 Å². The van der Waals surface area contributed by atoms with Crippen LogP contribution in [0.25, 0.3) is 16.0 Å². The number of benzene rings is 2. The average Bonchev–Trinajstić information content (AvgIpc) is 3.27. The average molecular weight is 449 g/mol. The lowest BCUT2D eigenvalue weighted by Crippen LogP contribution is -2.06. The molecule has 2 N–H and O–H groups in total. The molecule has 0 radical (unpaired) electrons. The Morgan fingerprint density at radius 1 is 1.24 bits per heavy atom. The zero-order valence-corrected chi connectivity index (χ0v) is 17.3. The van der Waals surface area contributed by atoms with E-state index < -0.39 is 12.1 Å². The number of imidazole rings is 1. The molecule has 2 aromatic heterocycles. The van der Waals surface area contributed by atoms with Crippen LogP contribution in [-0.2, 0) is 0 Å². The molecule has 0 spiro atoms. The van der Waals surface area contributed by atoms with Crippen LogP contribution < -0.4 is 4.74 Å². The van der Waals surface area contributed by atoms with E-state index in [1.54, 1.807) is 54.2 Å². The third-order valence-electron chi connectivity index (χ3n) is 4.38. The molecule has 4 rings (SSSR count). The summed E-state index contributed by atoms with van der Waals surface area (Å²) in [5.41, 5.74) is 2.05. The first kappa shape index (κ1) is 19.6. The standard InChI is InChI=1S/C20H14Cl2N2O4S/c1-10(12-3-2-4-15(25)18(12)22)28-16-8-17(29-19(16)20(26)27)24-9-23-13-6-5-11(21)7-14(13)24/h2-10,25H,1H3,(H,26,27)/t10-/m1/s1. The molecule has 0 bridgehead atoms. The van der Waals surface area contributed by atoms with E-state index in [0.717, 1.165) is 22.4 Å². The minimum atomic E-state index is -1.10. The zero-order valence-electron chi connectivity index (χ0n) is 15.0. The van der Waals surface area contributed by atoms with Gasteiger partial charge in [0.1, 0.15) is 28.9 Å². The summed E-state index contributed by atoms with van der Waals surface area (Å²) in [5.74, 6) is -0.966. The summed E-state index contributed by atoms with van der Waals surface area (Å²) < 4.78 is 7.68. The number of halogens is 2. The Labute approximate surface area is 179 Å². The van der Waals surface area contributed by atoms with Gasteiger partial charge < -0.3 is 14.9 Å². The van der Waals surface area contributed by atoms with Crippen LogP contribution in [-0.4, -0.2) is 25.7 Å². The number of thiophene rings is 1. The molecule has 0 unspecified atom stereocenters. The highest BCUT2D eigenvalue weighted by atomic mass is 35.5. The fourth-order valence-electron chi connectivity index (χ4n) is 2.98. The van der Waals surface area contributed by atoms with E-state index in [1.807, 2.05) is 0 Å². The van der Waals surface area contributed by atoms with Crippen LogP contribution in [0.5, 0.6) is 11.5 Å². The smallest absolute Gasteiger partial charge is 0.349 e. The van der Waals surface area contributed by atoms with Crippen molar-refractivity contribution in [2.24, 2.45) is 0 Å². The molecule has 148 valence electrons. The molecule has 0 saturated carbocycles. The minimum Gasteiger partial charge on any atom is -0.506 e. The summed E-state index contributed by atoms with van der Waals surface area (Å²) in [6.45, 7) is 1.73. The Hall–Kier alpha value is -2.74. The van der Waals surface area contributed by atoms with Crippen LogP contribution in [0.4, 0.5) is 0 Å². The molecule has 0 fully saturated rings. The van der Waals surface area contributed by atoms with Crippen molar-refractivity contribution in [3.63, 3.8) is 0 Å². The van der Waals surface area contributed by atoms with Crippen LogP contribution in [0, 0.1) is 0 Å². The number of phenols is 1. The number of nitrogens with zero attached hydrogens (tertiary/aromatic N) is 2. The SMILES string of the molecule is C[C@@H](Oc1cc(-n2cnc3ccc(Cl)cc32)sc1C(=O)O)c1cccc(O)c1Cl. The molecule has 2 aromatic carbocycles. The number of ether oxygens (including phenoxy) is 1. The summed E-state index contributed by atoms with van der Waals surface area (Å²) in [4.78, 5) is 16.2. The topological polar surface area (TPSA) is 84.6 Å². The lowest BCUT2D eigenvalue weighted by atomic mass is 10.1.